The number of carbonyl (C=O) groups excluding carboxylic acids is 1. The Morgan fingerprint density at radius 1 is 1.19 bits per heavy atom. The van der Waals surface area contributed by atoms with E-state index in [0.717, 1.165) is 5.56 Å². The molecule has 0 saturated carbocycles. The first kappa shape index (κ1) is 13.3. The van der Waals surface area contributed by atoms with Gasteiger partial charge in [0.05, 0.1) is 6.42 Å². The van der Waals surface area contributed by atoms with Gasteiger partial charge in [-0.15, -0.1) is 0 Å². The SMILES string of the molecule is CC(C)(C)NC(=O)Cc1cc(Cl)cc(Cl)c1. The molecule has 88 valence electrons. The van der Waals surface area contributed by atoms with E-state index in [9.17, 15) is 4.79 Å². The first-order valence-corrected chi connectivity index (χ1v) is 5.78. The lowest BCUT2D eigenvalue weighted by Gasteiger charge is -2.20. The summed E-state index contributed by atoms with van der Waals surface area (Å²) < 4.78 is 0. The third-order valence-corrected chi connectivity index (χ3v) is 2.24. The van der Waals surface area contributed by atoms with Crippen LogP contribution in [0.3, 0.4) is 0 Å². The summed E-state index contributed by atoms with van der Waals surface area (Å²) in [5.74, 6) is -0.0363. The van der Waals surface area contributed by atoms with E-state index in [1.807, 2.05) is 20.8 Å². The van der Waals surface area contributed by atoms with Crippen molar-refractivity contribution in [3.8, 4) is 0 Å². The molecular formula is C12H15Cl2NO. The lowest BCUT2D eigenvalue weighted by Crippen LogP contribution is -2.41. The fraction of sp³-hybridized carbons (Fsp3) is 0.417. The number of carbonyl (C=O) groups is 1. The minimum absolute atomic E-state index is 0.0363. The van der Waals surface area contributed by atoms with Crippen LogP contribution in [0.2, 0.25) is 10.0 Å². The second-order valence-electron chi connectivity index (χ2n) is 4.75. The van der Waals surface area contributed by atoms with Crippen molar-refractivity contribution in [2.45, 2.75) is 32.7 Å². The van der Waals surface area contributed by atoms with Gasteiger partial charge in [-0.2, -0.15) is 0 Å². The highest BCUT2D eigenvalue weighted by molar-refractivity contribution is 6.34. The van der Waals surface area contributed by atoms with Gasteiger partial charge in [0.15, 0.2) is 0 Å². The van der Waals surface area contributed by atoms with Crippen molar-refractivity contribution in [1.29, 1.82) is 0 Å². The largest absolute Gasteiger partial charge is 0.351 e. The normalized spacial score (nSPS) is 11.3. The number of hydrogen-bond acceptors (Lipinski definition) is 1. The molecule has 0 unspecified atom stereocenters. The Kier molecular flexibility index (Phi) is 4.22. The van der Waals surface area contributed by atoms with Gasteiger partial charge in [-0.1, -0.05) is 23.2 Å². The molecule has 1 aromatic rings. The second kappa shape index (κ2) is 5.07. The molecule has 0 saturated heterocycles. The third kappa shape index (κ3) is 4.86. The van der Waals surface area contributed by atoms with Crippen molar-refractivity contribution in [2.24, 2.45) is 0 Å². The van der Waals surface area contributed by atoms with Crippen LogP contribution in [0.15, 0.2) is 18.2 Å². The molecular weight excluding hydrogens is 245 g/mol. The van der Waals surface area contributed by atoms with Gasteiger partial charge in [-0.3, -0.25) is 4.79 Å². The number of hydrogen-bond donors (Lipinski definition) is 1. The van der Waals surface area contributed by atoms with Crippen molar-refractivity contribution >= 4 is 29.1 Å². The van der Waals surface area contributed by atoms with Gasteiger partial charge in [0.25, 0.3) is 0 Å². The predicted molar refractivity (Wildman–Crippen MR) is 68.1 cm³/mol. The van der Waals surface area contributed by atoms with Crippen LogP contribution in [0.4, 0.5) is 0 Å². The van der Waals surface area contributed by atoms with Crippen LogP contribution >= 0.6 is 23.2 Å². The van der Waals surface area contributed by atoms with Crippen molar-refractivity contribution in [3.63, 3.8) is 0 Å². The van der Waals surface area contributed by atoms with Crippen molar-refractivity contribution < 1.29 is 4.79 Å². The lowest BCUT2D eigenvalue weighted by molar-refractivity contribution is -0.121. The predicted octanol–water partition coefficient (Wildman–Crippen LogP) is 3.45. The summed E-state index contributed by atoms with van der Waals surface area (Å²) in [5.41, 5.74) is 0.596. The molecule has 0 heterocycles. The Labute approximate surface area is 106 Å². The summed E-state index contributed by atoms with van der Waals surface area (Å²) in [6.45, 7) is 5.82. The molecule has 0 atom stereocenters. The lowest BCUT2D eigenvalue weighted by atomic mass is 10.1. The van der Waals surface area contributed by atoms with Crippen molar-refractivity contribution in [3.05, 3.63) is 33.8 Å². The minimum Gasteiger partial charge on any atom is -0.351 e. The van der Waals surface area contributed by atoms with Crippen LogP contribution in [-0.4, -0.2) is 11.4 Å². The topological polar surface area (TPSA) is 29.1 Å². The zero-order valence-corrected chi connectivity index (χ0v) is 11.1. The Balaban J connectivity index is 2.70. The van der Waals surface area contributed by atoms with Crippen LogP contribution in [-0.2, 0) is 11.2 Å². The monoisotopic (exact) mass is 259 g/mol. The van der Waals surface area contributed by atoms with E-state index in [1.54, 1.807) is 18.2 Å². The van der Waals surface area contributed by atoms with E-state index in [2.05, 4.69) is 5.32 Å². The first-order chi connectivity index (χ1) is 7.26. The van der Waals surface area contributed by atoms with Gasteiger partial charge in [0.2, 0.25) is 5.91 Å². The molecule has 1 rings (SSSR count). The van der Waals surface area contributed by atoms with E-state index in [0.29, 0.717) is 10.0 Å². The number of rotatable bonds is 2. The molecule has 2 nitrogen and oxygen atoms in total. The number of halogens is 2. The Morgan fingerprint density at radius 3 is 2.12 bits per heavy atom. The molecule has 0 radical (unpaired) electrons. The van der Waals surface area contributed by atoms with E-state index >= 15 is 0 Å². The molecule has 1 amide bonds. The summed E-state index contributed by atoms with van der Waals surface area (Å²) in [6.07, 6.45) is 0.289. The minimum atomic E-state index is -0.223. The van der Waals surface area contributed by atoms with Crippen LogP contribution in [0.1, 0.15) is 26.3 Å². The van der Waals surface area contributed by atoms with Gasteiger partial charge in [0.1, 0.15) is 0 Å². The molecule has 0 spiro atoms. The summed E-state index contributed by atoms with van der Waals surface area (Å²) in [4.78, 5) is 11.7. The maximum atomic E-state index is 11.7. The summed E-state index contributed by atoms with van der Waals surface area (Å²) in [5, 5.41) is 3.98. The third-order valence-electron chi connectivity index (χ3n) is 1.80. The molecule has 0 aliphatic rings. The average Bonchev–Trinajstić information content (AvgIpc) is 1.96. The number of amides is 1. The molecule has 0 aliphatic carbocycles. The summed E-state index contributed by atoms with van der Waals surface area (Å²) >= 11 is 11.7. The summed E-state index contributed by atoms with van der Waals surface area (Å²) in [7, 11) is 0. The molecule has 0 fully saturated rings. The highest BCUT2D eigenvalue weighted by Gasteiger charge is 2.14. The van der Waals surface area contributed by atoms with Gasteiger partial charge in [0, 0.05) is 15.6 Å². The zero-order chi connectivity index (χ0) is 12.3. The van der Waals surface area contributed by atoms with E-state index in [4.69, 9.17) is 23.2 Å². The van der Waals surface area contributed by atoms with Gasteiger partial charge in [-0.05, 0) is 44.5 Å². The standard InChI is InChI=1S/C12H15Cl2NO/c1-12(2,3)15-11(16)6-8-4-9(13)7-10(14)5-8/h4-5,7H,6H2,1-3H3,(H,15,16). The van der Waals surface area contributed by atoms with Gasteiger partial charge < -0.3 is 5.32 Å². The van der Waals surface area contributed by atoms with Crippen LogP contribution < -0.4 is 5.32 Å². The van der Waals surface area contributed by atoms with Crippen molar-refractivity contribution in [2.75, 3.05) is 0 Å². The smallest absolute Gasteiger partial charge is 0.224 e. The maximum absolute atomic E-state index is 11.7. The Bertz CT molecular complexity index is 376. The number of benzene rings is 1. The van der Waals surface area contributed by atoms with Crippen LogP contribution in [0.25, 0.3) is 0 Å². The molecule has 0 bridgehead atoms. The second-order valence-corrected chi connectivity index (χ2v) is 5.63. The molecule has 0 aliphatic heterocycles. The van der Waals surface area contributed by atoms with E-state index in [-0.39, 0.29) is 17.9 Å². The fourth-order valence-electron chi connectivity index (χ4n) is 1.36. The molecule has 0 aromatic heterocycles. The highest BCUT2D eigenvalue weighted by atomic mass is 35.5. The molecule has 4 heteroatoms. The quantitative estimate of drug-likeness (QED) is 0.866. The molecule has 1 N–H and O–H groups in total. The number of nitrogens with one attached hydrogen (secondary N) is 1. The van der Waals surface area contributed by atoms with Crippen LogP contribution in [0.5, 0.6) is 0 Å². The highest BCUT2D eigenvalue weighted by Crippen LogP contribution is 2.19. The van der Waals surface area contributed by atoms with Gasteiger partial charge in [-0.25, -0.2) is 0 Å². The Hall–Kier alpha value is -0.730. The summed E-state index contributed by atoms with van der Waals surface area (Å²) in [6, 6.07) is 5.14. The fourth-order valence-corrected chi connectivity index (χ4v) is 1.93. The maximum Gasteiger partial charge on any atom is 0.224 e. The van der Waals surface area contributed by atoms with Gasteiger partial charge >= 0.3 is 0 Å². The molecule has 16 heavy (non-hydrogen) atoms. The van der Waals surface area contributed by atoms with Crippen molar-refractivity contribution in [1.82, 2.24) is 5.32 Å². The average molecular weight is 260 g/mol. The zero-order valence-electron chi connectivity index (χ0n) is 9.60. The van der Waals surface area contributed by atoms with E-state index < -0.39 is 0 Å². The first-order valence-electron chi connectivity index (χ1n) is 5.02. The van der Waals surface area contributed by atoms with Crippen LogP contribution in [0, 0.1) is 0 Å². The Morgan fingerprint density at radius 2 is 1.69 bits per heavy atom. The molecule has 1 aromatic carbocycles. The van der Waals surface area contributed by atoms with E-state index in [1.165, 1.54) is 0 Å².